The predicted molar refractivity (Wildman–Crippen MR) is 40.2 cm³/mol. The molecule has 1 saturated carbocycles. The van der Waals surface area contributed by atoms with E-state index in [2.05, 4.69) is 12.6 Å². The van der Waals surface area contributed by atoms with Gasteiger partial charge in [0.25, 0.3) is 0 Å². The number of hydrogen-bond acceptors (Lipinski definition) is 2. The van der Waals surface area contributed by atoms with E-state index in [0.29, 0.717) is 0 Å². The highest BCUT2D eigenvalue weighted by molar-refractivity contribution is 8.01. The molecule has 0 aromatic carbocycles. The topological polar surface area (TPSA) is 23.8 Å². The van der Waals surface area contributed by atoms with Crippen LogP contribution in [0.4, 0.5) is 0 Å². The third-order valence-electron chi connectivity index (χ3n) is 1.39. The Labute approximate surface area is 59.7 Å². The molecule has 0 bridgehead atoms. The largest absolute Gasteiger partial charge is 0.197 e. The van der Waals surface area contributed by atoms with E-state index in [9.17, 15) is 0 Å². The van der Waals surface area contributed by atoms with Gasteiger partial charge in [-0.05, 0) is 12.8 Å². The van der Waals surface area contributed by atoms with Crippen molar-refractivity contribution in [2.75, 3.05) is 5.75 Å². The van der Waals surface area contributed by atoms with Gasteiger partial charge in [0.15, 0.2) is 0 Å². The lowest BCUT2D eigenvalue weighted by Gasteiger charge is -1.99. The zero-order valence-electron chi connectivity index (χ0n) is 5.26. The smallest absolute Gasteiger partial charge is 0.103 e. The molecule has 0 unspecified atom stereocenters. The number of thioether (sulfide) groups is 1. The van der Waals surface area contributed by atoms with E-state index in [4.69, 9.17) is 5.26 Å². The summed E-state index contributed by atoms with van der Waals surface area (Å²) in [5, 5.41) is 8.58. The first kappa shape index (κ1) is 6.70. The van der Waals surface area contributed by atoms with Crippen LogP contribution in [0.1, 0.15) is 12.8 Å². The van der Waals surface area contributed by atoms with Gasteiger partial charge in [0.05, 0.1) is 6.07 Å². The number of rotatable bonds is 3. The second-order valence-corrected chi connectivity index (χ2v) is 3.61. The standard InChI is InChI=1S/C7H9NS/c1-2-5-9-7(6-8)3-4-7/h2H,1,3-5H2. The second kappa shape index (κ2) is 2.45. The SMILES string of the molecule is C=CCSC1(C#N)CC1. The molecular weight excluding hydrogens is 130 g/mol. The molecule has 1 aliphatic carbocycles. The van der Waals surface area contributed by atoms with Gasteiger partial charge in [-0.3, -0.25) is 0 Å². The number of hydrogen-bond donors (Lipinski definition) is 0. The minimum absolute atomic E-state index is 0.00576. The van der Waals surface area contributed by atoms with Gasteiger partial charge in [-0.25, -0.2) is 0 Å². The first-order valence-corrected chi connectivity index (χ1v) is 3.98. The van der Waals surface area contributed by atoms with Gasteiger partial charge in [0, 0.05) is 5.75 Å². The Morgan fingerprint density at radius 1 is 1.78 bits per heavy atom. The average molecular weight is 139 g/mol. The summed E-state index contributed by atoms with van der Waals surface area (Å²) in [6.07, 6.45) is 3.99. The van der Waals surface area contributed by atoms with Crippen molar-refractivity contribution >= 4 is 11.8 Å². The van der Waals surface area contributed by atoms with Crippen molar-refractivity contribution in [1.29, 1.82) is 5.26 Å². The lowest BCUT2D eigenvalue weighted by Crippen LogP contribution is -1.96. The maximum atomic E-state index is 8.58. The fourth-order valence-corrected chi connectivity index (χ4v) is 1.51. The van der Waals surface area contributed by atoms with Gasteiger partial charge in [0.1, 0.15) is 4.75 Å². The molecule has 0 aliphatic heterocycles. The minimum atomic E-state index is -0.00576. The molecule has 0 saturated heterocycles. The lowest BCUT2D eigenvalue weighted by molar-refractivity contribution is 1.20. The van der Waals surface area contributed by atoms with E-state index >= 15 is 0 Å². The molecule has 9 heavy (non-hydrogen) atoms. The fraction of sp³-hybridized carbons (Fsp3) is 0.571. The van der Waals surface area contributed by atoms with Crippen LogP contribution < -0.4 is 0 Å². The van der Waals surface area contributed by atoms with Crippen LogP contribution >= 0.6 is 11.8 Å². The summed E-state index contributed by atoms with van der Waals surface area (Å²) in [4.78, 5) is 0. The fourth-order valence-electron chi connectivity index (χ4n) is 0.620. The maximum absolute atomic E-state index is 8.58. The predicted octanol–water partition coefficient (Wildman–Crippen LogP) is 1.96. The van der Waals surface area contributed by atoms with Crippen molar-refractivity contribution < 1.29 is 0 Å². The number of nitriles is 1. The Balaban J connectivity index is 2.27. The van der Waals surface area contributed by atoms with Gasteiger partial charge in [-0.1, -0.05) is 6.08 Å². The Hall–Kier alpha value is -0.420. The first-order chi connectivity index (χ1) is 4.33. The van der Waals surface area contributed by atoms with E-state index in [0.717, 1.165) is 18.6 Å². The minimum Gasteiger partial charge on any atom is -0.197 e. The van der Waals surface area contributed by atoms with Crippen LogP contribution in [0.2, 0.25) is 0 Å². The summed E-state index contributed by atoms with van der Waals surface area (Å²) < 4.78 is -0.00576. The molecule has 0 atom stereocenters. The summed E-state index contributed by atoms with van der Waals surface area (Å²) in [5.41, 5.74) is 0. The monoisotopic (exact) mass is 139 g/mol. The molecule has 0 heterocycles. The van der Waals surface area contributed by atoms with Crippen LogP contribution in [0.25, 0.3) is 0 Å². The second-order valence-electron chi connectivity index (χ2n) is 2.21. The Morgan fingerprint density at radius 2 is 2.44 bits per heavy atom. The van der Waals surface area contributed by atoms with E-state index in [1.807, 2.05) is 6.08 Å². The molecule has 48 valence electrons. The van der Waals surface area contributed by atoms with E-state index < -0.39 is 0 Å². The highest BCUT2D eigenvalue weighted by atomic mass is 32.2. The van der Waals surface area contributed by atoms with Crippen LogP contribution in [-0.2, 0) is 0 Å². The highest BCUT2D eigenvalue weighted by Gasteiger charge is 2.43. The summed E-state index contributed by atoms with van der Waals surface area (Å²) >= 11 is 1.71. The molecular formula is C7H9NS. The maximum Gasteiger partial charge on any atom is 0.103 e. The summed E-state index contributed by atoms with van der Waals surface area (Å²) in [6, 6.07) is 2.30. The van der Waals surface area contributed by atoms with Crippen LogP contribution in [0.5, 0.6) is 0 Å². The van der Waals surface area contributed by atoms with Crippen LogP contribution in [0.15, 0.2) is 12.7 Å². The van der Waals surface area contributed by atoms with Crippen LogP contribution in [-0.4, -0.2) is 10.5 Å². The molecule has 1 fully saturated rings. The molecule has 0 amide bonds. The molecule has 0 aromatic heterocycles. The molecule has 1 nitrogen and oxygen atoms in total. The molecule has 1 aliphatic rings. The lowest BCUT2D eigenvalue weighted by atomic mass is 10.5. The van der Waals surface area contributed by atoms with Crippen molar-refractivity contribution in [2.24, 2.45) is 0 Å². The Morgan fingerprint density at radius 3 is 2.78 bits per heavy atom. The van der Waals surface area contributed by atoms with Crippen molar-refractivity contribution in [3.05, 3.63) is 12.7 Å². The summed E-state index contributed by atoms with van der Waals surface area (Å²) in [7, 11) is 0. The first-order valence-electron chi connectivity index (χ1n) is 2.99. The third-order valence-corrected chi connectivity index (χ3v) is 2.84. The van der Waals surface area contributed by atoms with E-state index in [1.165, 1.54) is 0 Å². The summed E-state index contributed by atoms with van der Waals surface area (Å²) in [5.74, 6) is 0.910. The molecule has 0 aromatic rings. The van der Waals surface area contributed by atoms with Gasteiger partial charge in [-0.2, -0.15) is 5.26 Å². The van der Waals surface area contributed by atoms with E-state index in [-0.39, 0.29) is 4.75 Å². The third kappa shape index (κ3) is 1.49. The van der Waals surface area contributed by atoms with Gasteiger partial charge in [0.2, 0.25) is 0 Å². The zero-order chi connectivity index (χ0) is 6.74. The van der Waals surface area contributed by atoms with Crippen molar-refractivity contribution in [3.63, 3.8) is 0 Å². The quantitative estimate of drug-likeness (QED) is 0.558. The van der Waals surface area contributed by atoms with Crippen molar-refractivity contribution in [1.82, 2.24) is 0 Å². The zero-order valence-corrected chi connectivity index (χ0v) is 6.08. The molecule has 0 radical (unpaired) electrons. The van der Waals surface area contributed by atoms with Gasteiger partial charge < -0.3 is 0 Å². The van der Waals surface area contributed by atoms with Crippen molar-refractivity contribution in [2.45, 2.75) is 17.6 Å². The van der Waals surface area contributed by atoms with Crippen LogP contribution in [0.3, 0.4) is 0 Å². The Kier molecular flexibility index (Phi) is 1.82. The normalized spacial score (nSPS) is 20.3. The Bertz CT molecular complexity index is 153. The molecule has 1 rings (SSSR count). The molecule has 0 spiro atoms. The van der Waals surface area contributed by atoms with E-state index in [1.54, 1.807) is 11.8 Å². The molecule has 0 N–H and O–H groups in total. The number of nitrogens with zero attached hydrogens (tertiary/aromatic N) is 1. The van der Waals surface area contributed by atoms with Crippen molar-refractivity contribution in [3.8, 4) is 6.07 Å². The van der Waals surface area contributed by atoms with Crippen LogP contribution in [0, 0.1) is 11.3 Å². The molecule has 2 heteroatoms. The van der Waals surface area contributed by atoms with Gasteiger partial charge in [-0.15, -0.1) is 18.3 Å². The summed E-state index contributed by atoms with van der Waals surface area (Å²) in [6.45, 7) is 3.60. The highest BCUT2D eigenvalue weighted by Crippen LogP contribution is 2.47. The van der Waals surface area contributed by atoms with Gasteiger partial charge >= 0.3 is 0 Å². The average Bonchev–Trinajstić information content (AvgIpc) is 2.65.